The first kappa shape index (κ1) is 14.0. The lowest BCUT2D eigenvalue weighted by atomic mass is 10.2. The molecular formula is C13H11BrFNO2S. The Morgan fingerprint density at radius 3 is 2.74 bits per heavy atom. The number of carbonyl (C=O) groups is 1. The van der Waals surface area contributed by atoms with Crippen molar-refractivity contribution < 1.29 is 13.9 Å². The first-order valence-corrected chi connectivity index (χ1v) is 7.04. The molecule has 0 saturated carbocycles. The van der Waals surface area contributed by atoms with Crippen LogP contribution in [0.4, 0.5) is 10.1 Å². The van der Waals surface area contributed by atoms with Crippen molar-refractivity contribution in [2.24, 2.45) is 0 Å². The van der Waals surface area contributed by atoms with Crippen molar-refractivity contribution in [3.63, 3.8) is 0 Å². The van der Waals surface area contributed by atoms with Crippen LogP contribution in [0.3, 0.4) is 0 Å². The highest BCUT2D eigenvalue weighted by molar-refractivity contribution is 9.10. The van der Waals surface area contributed by atoms with Gasteiger partial charge in [-0.2, -0.15) is 0 Å². The molecule has 0 bridgehead atoms. The third kappa shape index (κ3) is 3.54. The lowest BCUT2D eigenvalue weighted by Gasteiger charge is -2.04. The number of halogens is 2. The molecule has 1 heterocycles. The molecule has 3 nitrogen and oxygen atoms in total. The number of benzene rings is 1. The monoisotopic (exact) mass is 343 g/mol. The Kier molecular flexibility index (Phi) is 4.21. The maximum absolute atomic E-state index is 13.1. The molecule has 2 N–H and O–H groups in total. The van der Waals surface area contributed by atoms with Crippen molar-refractivity contribution >= 4 is 38.9 Å². The third-order valence-corrected chi connectivity index (χ3v) is 3.95. The summed E-state index contributed by atoms with van der Waals surface area (Å²) < 4.78 is 18.9. The summed E-state index contributed by atoms with van der Waals surface area (Å²) in [5, 5.41) is 0. The number of rotatable bonds is 3. The number of ether oxygens (including phenoxy) is 1. The predicted octanol–water partition coefficient (Wildman–Crippen LogP) is 3.90. The van der Waals surface area contributed by atoms with E-state index in [1.54, 1.807) is 12.1 Å². The van der Waals surface area contributed by atoms with Gasteiger partial charge in [0.25, 0.3) is 0 Å². The largest absolute Gasteiger partial charge is 0.457 e. The molecule has 2 aromatic rings. The molecule has 0 amide bonds. The Labute approximate surface area is 122 Å². The van der Waals surface area contributed by atoms with Crippen molar-refractivity contribution in [1.82, 2.24) is 0 Å². The summed E-state index contributed by atoms with van der Waals surface area (Å²) >= 11 is 4.46. The molecule has 0 aliphatic carbocycles. The number of aryl methyl sites for hydroxylation is 1. The van der Waals surface area contributed by atoms with Gasteiger partial charge >= 0.3 is 5.97 Å². The Morgan fingerprint density at radius 1 is 1.42 bits per heavy atom. The maximum atomic E-state index is 13.1. The van der Waals surface area contributed by atoms with E-state index in [1.807, 2.05) is 6.92 Å². The molecule has 1 aromatic heterocycles. The molecule has 0 atom stereocenters. The van der Waals surface area contributed by atoms with E-state index in [2.05, 4.69) is 15.9 Å². The number of hydrogen-bond donors (Lipinski definition) is 1. The van der Waals surface area contributed by atoms with Crippen molar-refractivity contribution in [2.75, 3.05) is 5.73 Å². The van der Waals surface area contributed by atoms with Crippen molar-refractivity contribution in [2.45, 2.75) is 13.5 Å². The Balaban J connectivity index is 2.04. The van der Waals surface area contributed by atoms with E-state index in [1.165, 1.54) is 23.5 Å². The third-order valence-electron chi connectivity index (χ3n) is 2.45. The fourth-order valence-corrected chi connectivity index (χ4v) is 2.86. The SMILES string of the molecule is Cc1sc(C(=O)OCc2cc(F)cc(Br)c2)cc1N. The van der Waals surface area contributed by atoms with Gasteiger partial charge in [-0.25, -0.2) is 9.18 Å². The second-order valence-electron chi connectivity index (χ2n) is 3.98. The van der Waals surface area contributed by atoms with Gasteiger partial charge < -0.3 is 10.5 Å². The minimum atomic E-state index is -0.454. The number of nitrogen functional groups attached to an aromatic ring is 1. The number of esters is 1. The van der Waals surface area contributed by atoms with Gasteiger partial charge in [-0.1, -0.05) is 15.9 Å². The standard InChI is InChI=1S/C13H11BrFNO2S/c1-7-11(16)5-12(19-7)13(17)18-6-8-2-9(14)4-10(15)3-8/h2-5H,6,16H2,1H3. The summed E-state index contributed by atoms with van der Waals surface area (Å²) in [6, 6.07) is 5.95. The van der Waals surface area contributed by atoms with Crippen molar-refractivity contribution in [3.05, 3.63) is 49.9 Å². The number of nitrogens with two attached hydrogens (primary N) is 1. The molecule has 0 unspecified atom stereocenters. The second kappa shape index (κ2) is 5.71. The topological polar surface area (TPSA) is 52.3 Å². The van der Waals surface area contributed by atoms with Crippen LogP contribution in [-0.4, -0.2) is 5.97 Å². The fraction of sp³-hybridized carbons (Fsp3) is 0.154. The number of hydrogen-bond acceptors (Lipinski definition) is 4. The van der Waals surface area contributed by atoms with E-state index in [4.69, 9.17) is 10.5 Å². The summed E-state index contributed by atoms with van der Waals surface area (Å²) in [4.78, 5) is 13.1. The zero-order chi connectivity index (χ0) is 14.0. The minimum absolute atomic E-state index is 0.0199. The van der Waals surface area contributed by atoms with Crippen LogP contribution in [-0.2, 0) is 11.3 Å². The van der Waals surface area contributed by atoms with Crippen LogP contribution in [0.2, 0.25) is 0 Å². The van der Waals surface area contributed by atoms with Crippen LogP contribution >= 0.6 is 27.3 Å². The smallest absolute Gasteiger partial charge is 0.348 e. The molecule has 19 heavy (non-hydrogen) atoms. The van der Waals surface area contributed by atoms with E-state index < -0.39 is 5.97 Å². The van der Waals surface area contributed by atoms with Crippen LogP contribution in [0.1, 0.15) is 20.1 Å². The summed E-state index contributed by atoms with van der Waals surface area (Å²) in [6.45, 7) is 1.85. The van der Waals surface area contributed by atoms with Gasteiger partial charge in [-0.15, -0.1) is 11.3 Å². The highest BCUT2D eigenvalue weighted by atomic mass is 79.9. The zero-order valence-electron chi connectivity index (χ0n) is 10.1. The highest BCUT2D eigenvalue weighted by Crippen LogP contribution is 2.24. The molecule has 1 aromatic carbocycles. The Hall–Kier alpha value is -1.40. The maximum Gasteiger partial charge on any atom is 0.348 e. The van der Waals surface area contributed by atoms with E-state index in [-0.39, 0.29) is 12.4 Å². The average Bonchev–Trinajstić information content (AvgIpc) is 2.65. The van der Waals surface area contributed by atoms with Gasteiger partial charge in [-0.05, 0) is 36.8 Å². The molecule has 0 fully saturated rings. The normalized spacial score (nSPS) is 10.5. The van der Waals surface area contributed by atoms with Gasteiger partial charge in [0.1, 0.15) is 17.3 Å². The quantitative estimate of drug-likeness (QED) is 0.860. The summed E-state index contributed by atoms with van der Waals surface area (Å²) in [5.74, 6) is -0.832. The molecule has 100 valence electrons. The highest BCUT2D eigenvalue weighted by Gasteiger charge is 2.12. The fourth-order valence-electron chi connectivity index (χ4n) is 1.51. The average molecular weight is 344 g/mol. The van der Waals surface area contributed by atoms with E-state index in [9.17, 15) is 9.18 Å². The summed E-state index contributed by atoms with van der Waals surface area (Å²) in [6.07, 6.45) is 0. The predicted molar refractivity (Wildman–Crippen MR) is 76.7 cm³/mol. The second-order valence-corrected chi connectivity index (χ2v) is 6.15. The van der Waals surface area contributed by atoms with Crippen LogP contribution in [0.5, 0.6) is 0 Å². The summed E-state index contributed by atoms with van der Waals surface area (Å²) in [7, 11) is 0. The molecule has 0 spiro atoms. The van der Waals surface area contributed by atoms with E-state index in [0.29, 0.717) is 20.6 Å². The summed E-state index contributed by atoms with van der Waals surface area (Å²) in [5.41, 5.74) is 6.83. The van der Waals surface area contributed by atoms with Crippen LogP contribution < -0.4 is 5.73 Å². The van der Waals surface area contributed by atoms with Crippen molar-refractivity contribution in [1.29, 1.82) is 0 Å². The molecule has 0 aliphatic heterocycles. The first-order chi connectivity index (χ1) is 8.95. The first-order valence-electron chi connectivity index (χ1n) is 5.43. The van der Waals surface area contributed by atoms with Gasteiger partial charge in [0.05, 0.1) is 0 Å². The Bertz CT molecular complexity index is 587. The number of anilines is 1. The lowest BCUT2D eigenvalue weighted by molar-refractivity contribution is 0.0478. The number of carbonyl (C=O) groups excluding carboxylic acids is 1. The molecule has 0 radical (unpaired) electrons. The zero-order valence-corrected chi connectivity index (χ0v) is 12.5. The lowest BCUT2D eigenvalue weighted by Crippen LogP contribution is -2.03. The Morgan fingerprint density at radius 2 is 2.16 bits per heavy atom. The van der Waals surface area contributed by atoms with Gasteiger partial charge in [-0.3, -0.25) is 0 Å². The molecule has 0 saturated heterocycles. The van der Waals surface area contributed by atoms with Gasteiger partial charge in [0.2, 0.25) is 0 Å². The van der Waals surface area contributed by atoms with Crippen LogP contribution in [0.15, 0.2) is 28.7 Å². The molecule has 2 rings (SSSR count). The number of thiophene rings is 1. The van der Waals surface area contributed by atoms with Crippen LogP contribution in [0, 0.1) is 12.7 Å². The van der Waals surface area contributed by atoms with E-state index in [0.717, 1.165) is 4.88 Å². The van der Waals surface area contributed by atoms with Gasteiger partial charge in [0.15, 0.2) is 0 Å². The minimum Gasteiger partial charge on any atom is -0.457 e. The van der Waals surface area contributed by atoms with Gasteiger partial charge in [0, 0.05) is 15.0 Å². The molecule has 6 heteroatoms. The van der Waals surface area contributed by atoms with E-state index >= 15 is 0 Å². The van der Waals surface area contributed by atoms with Crippen molar-refractivity contribution in [3.8, 4) is 0 Å². The molecular weight excluding hydrogens is 333 g/mol. The van der Waals surface area contributed by atoms with Crippen LogP contribution in [0.25, 0.3) is 0 Å². The molecule has 0 aliphatic rings.